The van der Waals surface area contributed by atoms with Crippen molar-refractivity contribution in [3.8, 4) is 0 Å². The molecule has 1 N–H and O–H groups in total. The summed E-state index contributed by atoms with van der Waals surface area (Å²) >= 11 is 1.41. The molecule has 0 radical (unpaired) electrons. The zero-order valence-electron chi connectivity index (χ0n) is 9.34. The highest BCUT2D eigenvalue weighted by atomic mass is 32.2. The van der Waals surface area contributed by atoms with Crippen molar-refractivity contribution in [3.63, 3.8) is 0 Å². The van der Waals surface area contributed by atoms with Gasteiger partial charge in [-0.3, -0.25) is 0 Å². The van der Waals surface area contributed by atoms with Crippen molar-refractivity contribution < 1.29 is 12.8 Å². The molecule has 0 aliphatic rings. The van der Waals surface area contributed by atoms with Crippen LogP contribution >= 0.6 is 11.3 Å². The van der Waals surface area contributed by atoms with Gasteiger partial charge in [-0.1, -0.05) is 12.1 Å². The van der Waals surface area contributed by atoms with Crippen LogP contribution in [-0.4, -0.2) is 13.4 Å². The van der Waals surface area contributed by atoms with Gasteiger partial charge in [0.25, 0.3) is 0 Å². The molecule has 1 aromatic heterocycles. The molecule has 0 aliphatic carbocycles. The summed E-state index contributed by atoms with van der Waals surface area (Å²) in [5, 5.41) is 1.78. The number of halogens is 1. The van der Waals surface area contributed by atoms with E-state index in [0.29, 0.717) is 11.3 Å². The first-order valence-electron chi connectivity index (χ1n) is 5.14. The summed E-state index contributed by atoms with van der Waals surface area (Å²) in [6.45, 7) is 0.174. The molecule has 7 heteroatoms. The standard InChI is InChI=1S/C11H11FN2O2S2/c12-10-3-1-9(2-4-10)7-18(15,16)14-5-11-6-17-8-13-11/h1-4,6,8,14H,5,7H2. The second-order valence-corrected chi connectivity index (χ2v) is 6.21. The lowest BCUT2D eigenvalue weighted by Gasteiger charge is -2.05. The summed E-state index contributed by atoms with van der Waals surface area (Å²) in [5.41, 5.74) is 2.87. The minimum absolute atomic E-state index is 0.169. The highest BCUT2D eigenvalue weighted by Gasteiger charge is 2.11. The van der Waals surface area contributed by atoms with Crippen LogP contribution in [0.25, 0.3) is 0 Å². The average Bonchev–Trinajstić information content (AvgIpc) is 2.83. The maximum absolute atomic E-state index is 12.7. The van der Waals surface area contributed by atoms with E-state index in [4.69, 9.17) is 0 Å². The highest BCUT2D eigenvalue weighted by molar-refractivity contribution is 7.88. The van der Waals surface area contributed by atoms with Crippen molar-refractivity contribution in [1.29, 1.82) is 0 Å². The van der Waals surface area contributed by atoms with Crippen LogP contribution in [0.4, 0.5) is 4.39 Å². The van der Waals surface area contributed by atoms with Crippen LogP contribution in [0.2, 0.25) is 0 Å². The predicted molar refractivity (Wildman–Crippen MR) is 68.0 cm³/mol. The number of sulfonamides is 1. The monoisotopic (exact) mass is 286 g/mol. The summed E-state index contributed by atoms with van der Waals surface area (Å²) in [4.78, 5) is 3.98. The van der Waals surface area contributed by atoms with Crippen LogP contribution < -0.4 is 4.72 Å². The van der Waals surface area contributed by atoms with E-state index in [9.17, 15) is 12.8 Å². The van der Waals surface area contributed by atoms with Gasteiger partial charge in [-0.25, -0.2) is 22.5 Å². The Hall–Kier alpha value is -1.31. The Balaban J connectivity index is 1.97. The third-order valence-electron chi connectivity index (χ3n) is 2.23. The maximum atomic E-state index is 12.7. The fourth-order valence-electron chi connectivity index (χ4n) is 1.36. The van der Waals surface area contributed by atoms with Crippen molar-refractivity contribution in [3.05, 3.63) is 52.2 Å². The molecule has 0 amide bonds. The molecule has 0 aliphatic heterocycles. The van der Waals surface area contributed by atoms with Crippen LogP contribution in [0, 0.1) is 5.82 Å². The summed E-state index contributed by atoms with van der Waals surface area (Å²) in [6.07, 6.45) is 0. The van der Waals surface area contributed by atoms with Crippen molar-refractivity contribution >= 4 is 21.4 Å². The molecule has 0 fully saturated rings. The number of thiazole rings is 1. The molecule has 18 heavy (non-hydrogen) atoms. The number of nitrogens with zero attached hydrogens (tertiary/aromatic N) is 1. The third-order valence-corrected chi connectivity index (χ3v) is 4.16. The zero-order valence-corrected chi connectivity index (χ0v) is 11.0. The van der Waals surface area contributed by atoms with Gasteiger partial charge in [0.05, 0.1) is 23.5 Å². The topological polar surface area (TPSA) is 59.1 Å². The summed E-state index contributed by atoms with van der Waals surface area (Å²) in [5.74, 6) is -0.552. The molecule has 0 spiro atoms. The van der Waals surface area contributed by atoms with Gasteiger partial charge < -0.3 is 0 Å². The first kappa shape index (κ1) is 13.1. The van der Waals surface area contributed by atoms with E-state index < -0.39 is 10.0 Å². The van der Waals surface area contributed by atoms with Crippen molar-refractivity contribution in [2.75, 3.05) is 0 Å². The molecule has 0 atom stereocenters. The fraction of sp³-hybridized carbons (Fsp3) is 0.182. The van der Waals surface area contributed by atoms with E-state index in [1.807, 2.05) is 0 Å². The Morgan fingerprint density at radius 2 is 2.00 bits per heavy atom. The SMILES string of the molecule is O=S(=O)(Cc1ccc(F)cc1)NCc1cscn1. The lowest BCUT2D eigenvalue weighted by molar-refractivity contribution is 0.579. The Bertz CT molecular complexity index is 594. The van der Waals surface area contributed by atoms with Gasteiger partial charge in [-0.05, 0) is 17.7 Å². The zero-order chi connectivity index (χ0) is 13.0. The quantitative estimate of drug-likeness (QED) is 0.913. The van der Waals surface area contributed by atoms with E-state index >= 15 is 0 Å². The average molecular weight is 286 g/mol. The molecule has 96 valence electrons. The third kappa shape index (κ3) is 3.86. The highest BCUT2D eigenvalue weighted by Crippen LogP contribution is 2.07. The Morgan fingerprint density at radius 1 is 1.28 bits per heavy atom. The van der Waals surface area contributed by atoms with Gasteiger partial charge in [-0.15, -0.1) is 11.3 Å². The number of benzene rings is 1. The van der Waals surface area contributed by atoms with Crippen LogP contribution in [0.3, 0.4) is 0 Å². The Kier molecular flexibility index (Phi) is 4.05. The lowest BCUT2D eigenvalue weighted by Crippen LogP contribution is -2.24. The van der Waals surface area contributed by atoms with E-state index in [-0.39, 0.29) is 18.1 Å². The van der Waals surface area contributed by atoms with Gasteiger partial charge >= 0.3 is 0 Å². The molecule has 1 heterocycles. The van der Waals surface area contributed by atoms with Gasteiger partial charge in [0.2, 0.25) is 10.0 Å². The number of hydrogen-bond donors (Lipinski definition) is 1. The maximum Gasteiger partial charge on any atom is 0.216 e. The van der Waals surface area contributed by atoms with E-state index in [1.54, 1.807) is 10.9 Å². The summed E-state index contributed by atoms with van der Waals surface area (Å²) in [7, 11) is -3.43. The fourth-order valence-corrected chi connectivity index (χ4v) is 3.02. The van der Waals surface area contributed by atoms with Crippen molar-refractivity contribution in [2.45, 2.75) is 12.3 Å². The minimum Gasteiger partial charge on any atom is -0.248 e. The number of aromatic nitrogens is 1. The Morgan fingerprint density at radius 3 is 2.61 bits per heavy atom. The Labute approximate surface area is 109 Å². The molecule has 0 bridgehead atoms. The van der Waals surface area contributed by atoms with Crippen LogP contribution in [0.1, 0.15) is 11.3 Å². The van der Waals surface area contributed by atoms with E-state index in [1.165, 1.54) is 35.6 Å². The first-order chi connectivity index (χ1) is 8.55. The van der Waals surface area contributed by atoms with Gasteiger partial charge in [0.1, 0.15) is 5.82 Å². The second-order valence-electron chi connectivity index (χ2n) is 3.69. The van der Waals surface area contributed by atoms with Gasteiger partial charge in [0.15, 0.2) is 0 Å². The second kappa shape index (κ2) is 5.55. The number of nitrogens with one attached hydrogen (secondary N) is 1. The molecule has 0 unspecified atom stereocenters. The van der Waals surface area contributed by atoms with E-state index in [2.05, 4.69) is 9.71 Å². The normalized spacial score (nSPS) is 11.6. The predicted octanol–water partition coefficient (Wildman–Crippen LogP) is 1.90. The smallest absolute Gasteiger partial charge is 0.216 e. The lowest BCUT2D eigenvalue weighted by atomic mass is 10.2. The molecular weight excluding hydrogens is 275 g/mol. The minimum atomic E-state index is -3.43. The molecule has 0 saturated carbocycles. The molecule has 0 saturated heterocycles. The van der Waals surface area contributed by atoms with Gasteiger partial charge in [-0.2, -0.15) is 0 Å². The van der Waals surface area contributed by atoms with E-state index in [0.717, 1.165) is 0 Å². The summed E-state index contributed by atoms with van der Waals surface area (Å²) < 4.78 is 38.6. The molecule has 1 aromatic carbocycles. The largest absolute Gasteiger partial charge is 0.248 e. The number of hydrogen-bond acceptors (Lipinski definition) is 4. The first-order valence-corrected chi connectivity index (χ1v) is 7.73. The van der Waals surface area contributed by atoms with Crippen molar-refractivity contribution in [1.82, 2.24) is 9.71 Å². The molecule has 2 aromatic rings. The van der Waals surface area contributed by atoms with Crippen LogP contribution in [0.5, 0.6) is 0 Å². The molecule has 2 rings (SSSR count). The molecule has 4 nitrogen and oxygen atoms in total. The van der Waals surface area contributed by atoms with Crippen molar-refractivity contribution in [2.24, 2.45) is 0 Å². The van der Waals surface area contributed by atoms with Gasteiger partial charge in [0, 0.05) is 5.38 Å². The summed E-state index contributed by atoms with van der Waals surface area (Å²) in [6, 6.07) is 5.39. The number of rotatable bonds is 5. The van der Waals surface area contributed by atoms with Crippen LogP contribution in [-0.2, 0) is 22.3 Å². The molecular formula is C11H11FN2O2S2. The van der Waals surface area contributed by atoms with Crippen LogP contribution in [0.15, 0.2) is 35.2 Å².